The van der Waals surface area contributed by atoms with Crippen molar-refractivity contribution in [2.24, 2.45) is 0 Å². The molecule has 0 radical (unpaired) electrons. The quantitative estimate of drug-likeness (QED) is 0.0451. The van der Waals surface area contributed by atoms with Crippen LogP contribution in [0.3, 0.4) is 0 Å². The summed E-state index contributed by atoms with van der Waals surface area (Å²) in [6, 6.07) is 20.3. The first kappa shape index (κ1) is 51.8. The molecule has 2 unspecified atom stereocenters. The maximum atomic E-state index is 14.5. The molecule has 1 N–H and O–H groups in total. The van der Waals surface area contributed by atoms with Gasteiger partial charge in [-0.15, -0.1) is 0 Å². The third kappa shape index (κ3) is 12.1. The molecule has 0 spiro atoms. The van der Waals surface area contributed by atoms with Gasteiger partial charge in [0.15, 0.2) is 17.3 Å². The number of rotatable bonds is 22. The van der Waals surface area contributed by atoms with Crippen LogP contribution < -0.4 is 24.3 Å². The van der Waals surface area contributed by atoms with Gasteiger partial charge in [-0.25, -0.2) is 4.79 Å². The van der Waals surface area contributed by atoms with E-state index in [1.165, 1.54) is 17.2 Å². The Labute approximate surface area is 415 Å². The summed E-state index contributed by atoms with van der Waals surface area (Å²) < 4.78 is 29.6. The predicted octanol–water partition coefficient (Wildman–Crippen LogP) is 8.41. The number of carbonyl (C=O) groups is 7. The summed E-state index contributed by atoms with van der Waals surface area (Å²) in [6.45, 7) is 8.54. The zero-order valence-corrected chi connectivity index (χ0v) is 41.6. The highest BCUT2D eigenvalue weighted by Crippen LogP contribution is 2.38. The second-order valence-electron chi connectivity index (χ2n) is 18.6. The summed E-state index contributed by atoms with van der Waals surface area (Å²) in [6.07, 6.45) is 5.16. The number of fused-ring (bicyclic) bond motifs is 1. The van der Waals surface area contributed by atoms with E-state index >= 15 is 0 Å². The zero-order chi connectivity index (χ0) is 50.8. The highest BCUT2D eigenvalue weighted by atomic mass is 16.5. The summed E-state index contributed by atoms with van der Waals surface area (Å²) >= 11 is 0. The molecule has 3 aliphatic rings. The van der Waals surface area contributed by atoms with E-state index in [1.807, 2.05) is 44.2 Å². The van der Waals surface area contributed by atoms with Gasteiger partial charge >= 0.3 is 5.97 Å². The van der Waals surface area contributed by atoms with Crippen LogP contribution in [0.2, 0.25) is 0 Å². The summed E-state index contributed by atoms with van der Waals surface area (Å²) in [5.74, 6) is -1.70. The lowest BCUT2D eigenvalue weighted by molar-refractivity contribution is -0.162. The number of hydrogen-bond donors (Lipinski definition) is 1. The Morgan fingerprint density at radius 3 is 2.32 bits per heavy atom. The highest BCUT2D eigenvalue weighted by Gasteiger charge is 2.46. The van der Waals surface area contributed by atoms with Crippen LogP contribution >= 0.6 is 0 Å². The van der Waals surface area contributed by atoms with E-state index in [-0.39, 0.29) is 61.0 Å². The number of hydrogen-bond acceptors (Lipinski definition) is 12. The van der Waals surface area contributed by atoms with Crippen LogP contribution in [0, 0.1) is 20.8 Å². The van der Waals surface area contributed by atoms with Crippen LogP contribution in [0.1, 0.15) is 144 Å². The summed E-state index contributed by atoms with van der Waals surface area (Å²) in [5.41, 5.74) is 6.07. The first-order valence-electron chi connectivity index (χ1n) is 24.7. The third-order valence-corrected chi connectivity index (χ3v) is 13.8. The first-order chi connectivity index (χ1) is 34.2. The van der Waals surface area contributed by atoms with Gasteiger partial charge in [-0.3, -0.25) is 39.0 Å². The number of methoxy groups -OCH3 is 2. The maximum absolute atomic E-state index is 14.5. The molecule has 5 amide bonds. The van der Waals surface area contributed by atoms with E-state index in [4.69, 9.17) is 23.7 Å². The number of unbranched alkanes of at least 4 members (excludes halogenated alkanes) is 2. The van der Waals surface area contributed by atoms with Crippen LogP contribution in [0.15, 0.2) is 72.8 Å². The predicted molar refractivity (Wildman–Crippen MR) is 264 cm³/mol. The number of benzene rings is 4. The molecule has 71 heavy (non-hydrogen) atoms. The smallest absolute Gasteiger partial charge is 0.329 e. The normalized spacial score (nSPS) is 17.5. The lowest BCUT2D eigenvalue weighted by Crippen LogP contribution is -2.54. The molecule has 4 aromatic rings. The Hall–Kier alpha value is -7.03. The van der Waals surface area contributed by atoms with E-state index in [0.29, 0.717) is 74.3 Å². The van der Waals surface area contributed by atoms with Crippen molar-refractivity contribution in [1.29, 1.82) is 0 Å². The van der Waals surface area contributed by atoms with Crippen molar-refractivity contribution in [1.82, 2.24) is 15.1 Å². The third-order valence-electron chi connectivity index (χ3n) is 13.8. The van der Waals surface area contributed by atoms with Crippen molar-refractivity contribution in [3.8, 4) is 23.0 Å². The maximum Gasteiger partial charge on any atom is 0.329 e. The van der Waals surface area contributed by atoms with Crippen molar-refractivity contribution in [2.45, 2.75) is 129 Å². The van der Waals surface area contributed by atoms with E-state index in [1.54, 1.807) is 37.3 Å². The fourth-order valence-electron chi connectivity index (χ4n) is 9.77. The van der Waals surface area contributed by atoms with Crippen molar-refractivity contribution in [2.75, 3.05) is 34.0 Å². The topological polar surface area (TPSA) is 184 Å². The number of nitrogens with zero attached hydrogens (tertiary/aromatic N) is 2. The van der Waals surface area contributed by atoms with E-state index < -0.39 is 53.7 Å². The number of nitrogens with one attached hydrogen (secondary N) is 1. The fourth-order valence-corrected chi connectivity index (χ4v) is 9.77. The SMILES string of the molecule is CC[C@H](C(=O)N1CCCC[C@H]1C(=O)OC(CCc1ccc(C)c(C)c1)c1cccc(OCC(=O)CCCCCOc2cccc3c2C(=O)N(C2CCC(=O)NC2=O)C3=O)c1)c1cc(C)c(OC)c(OC)c1. The molecule has 15 heteroatoms. The summed E-state index contributed by atoms with van der Waals surface area (Å²) in [7, 11) is 3.16. The Bertz CT molecular complexity index is 2660. The Kier molecular flexibility index (Phi) is 17.3. The second kappa shape index (κ2) is 23.7. The van der Waals surface area contributed by atoms with Gasteiger partial charge in [-0.1, -0.05) is 49.4 Å². The van der Waals surface area contributed by atoms with Crippen LogP contribution in [-0.2, 0) is 35.1 Å². The lowest BCUT2D eigenvalue weighted by Gasteiger charge is -2.37. The average molecular weight is 972 g/mol. The van der Waals surface area contributed by atoms with Gasteiger partial charge in [0.2, 0.25) is 17.7 Å². The minimum atomic E-state index is -1.07. The van der Waals surface area contributed by atoms with Crippen molar-refractivity contribution >= 4 is 41.3 Å². The van der Waals surface area contributed by atoms with Gasteiger partial charge in [-0.2, -0.15) is 0 Å². The molecule has 7 rings (SSSR count). The largest absolute Gasteiger partial charge is 0.493 e. The van der Waals surface area contributed by atoms with Crippen molar-refractivity contribution < 1.29 is 57.2 Å². The molecule has 0 aromatic heterocycles. The lowest BCUT2D eigenvalue weighted by atomic mass is 9.91. The van der Waals surface area contributed by atoms with Crippen molar-refractivity contribution in [3.63, 3.8) is 0 Å². The molecule has 0 saturated carbocycles. The number of carbonyl (C=O) groups excluding carboxylic acids is 7. The zero-order valence-electron chi connectivity index (χ0n) is 41.6. The van der Waals surface area contributed by atoms with E-state index in [2.05, 4.69) is 37.4 Å². The number of likely N-dealkylation sites (tertiary alicyclic amines) is 1. The molecule has 15 nitrogen and oxygen atoms in total. The minimum Gasteiger partial charge on any atom is -0.493 e. The molecule has 0 bridgehead atoms. The van der Waals surface area contributed by atoms with Crippen LogP contribution in [0.5, 0.6) is 23.0 Å². The number of piperidine rings is 2. The molecule has 4 atom stereocenters. The van der Waals surface area contributed by atoms with Crippen LogP contribution in [0.4, 0.5) is 0 Å². The molecule has 4 aromatic carbocycles. The Balaban J connectivity index is 0.948. The highest BCUT2D eigenvalue weighted by molar-refractivity contribution is 6.24. The number of esters is 1. The number of ketones is 1. The summed E-state index contributed by atoms with van der Waals surface area (Å²) in [4.78, 5) is 95.2. The Morgan fingerprint density at radius 2 is 1.58 bits per heavy atom. The molecule has 0 aliphatic carbocycles. The van der Waals surface area contributed by atoms with Gasteiger partial charge in [0.05, 0.1) is 37.9 Å². The standard InChI is InChI=1S/C56H65N3O12/c1-7-42(39-30-36(4)51(68-6)48(32-39)67-5)53(63)58-27-11-10-19-45(58)56(66)71-46(25-23-37-22-21-34(2)35(3)29-37)38-15-13-17-41(31-38)70-33-40(60)16-9-8-12-28-69-47-20-14-18-43-50(47)55(65)59(54(43)64)44-24-26-49(61)57-52(44)62/h13-15,17-18,20-22,29-32,42,44-46H,7-12,16,19,23-28,33H2,1-6H3,(H,57,61,62)/t42-,44?,45-,46?/m0/s1. The van der Waals surface area contributed by atoms with Gasteiger partial charge in [0.1, 0.15) is 36.3 Å². The van der Waals surface area contributed by atoms with Gasteiger partial charge in [-0.05, 0) is 149 Å². The number of imide groups is 2. The number of amides is 5. The molecule has 3 aliphatic heterocycles. The van der Waals surface area contributed by atoms with Gasteiger partial charge in [0, 0.05) is 19.4 Å². The molecule has 2 saturated heterocycles. The molecular weight excluding hydrogens is 907 g/mol. The number of Topliss-reactive ketones (excluding diaryl/α,β-unsaturated/α-hetero) is 1. The monoisotopic (exact) mass is 971 g/mol. The first-order valence-corrected chi connectivity index (χ1v) is 24.7. The second-order valence-corrected chi connectivity index (χ2v) is 18.6. The molecule has 376 valence electrons. The van der Waals surface area contributed by atoms with Gasteiger partial charge in [0.25, 0.3) is 11.8 Å². The average Bonchev–Trinajstić information content (AvgIpc) is 3.62. The molecular formula is C56H65N3O12. The van der Waals surface area contributed by atoms with Crippen molar-refractivity contribution in [3.05, 3.63) is 117 Å². The molecule has 3 heterocycles. The minimum absolute atomic E-state index is 0.0275. The van der Waals surface area contributed by atoms with Crippen LogP contribution in [0.25, 0.3) is 0 Å². The van der Waals surface area contributed by atoms with Gasteiger partial charge < -0.3 is 28.6 Å². The van der Waals surface area contributed by atoms with E-state index in [9.17, 15) is 33.6 Å². The van der Waals surface area contributed by atoms with Crippen LogP contribution in [-0.4, -0.2) is 97.2 Å². The summed E-state index contributed by atoms with van der Waals surface area (Å²) in [5, 5.41) is 2.20. The number of ether oxygens (including phenoxy) is 5. The molecule has 2 fully saturated rings. The Morgan fingerprint density at radius 1 is 0.775 bits per heavy atom. The van der Waals surface area contributed by atoms with E-state index in [0.717, 1.165) is 34.4 Å². The fraction of sp³-hybridized carbons (Fsp3) is 0.446. The number of aryl methyl sites for hydroxylation is 4.